The number of carbonyl (C=O) groups excluding carboxylic acids is 1. The molecule has 0 radical (unpaired) electrons. The lowest BCUT2D eigenvalue weighted by molar-refractivity contribution is -0.396. The molecule has 0 N–H and O–H groups in total. The lowest BCUT2D eigenvalue weighted by Gasteiger charge is -2.31. The molecule has 13 heteroatoms. The Bertz CT molecular complexity index is 1210. The van der Waals surface area contributed by atoms with Crippen LogP contribution in [-0.4, -0.2) is 53.8 Å². The Hall–Kier alpha value is -3.58. The largest absolute Gasteiger partial charge is 0.497 e. The molecule has 0 fully saturated rings. The summed E-state index contributed by atoms with van der Waals surface area (Å²) in [7, 11) is -3.17. The Labute approximate surface area is 202 Å². The summed E-state index contributed by atoms with van der Waals surface area (Å²) in [5.41, 5.74) is -1.95. The Balaban J connectivity index is 2.62. The number of nitrogens with zero attached hydrogens (tertiary/aromatic N) is 3. The van der Waals surface area contributed by atoms with Gasteiger partial charge < -0.3 is 9.47 Å². The van der Waals surface area contributed by atoms with E-state index in [2.05, 4.69) is 0 Å². The molecule has 12 nitrogen and oxygen atoms in total. The highest BCUT2D eigenvalue weighted by Gasteiger charge is 2.41. The van der Waals surface area contributed by atoms with E-state index in [1.54, 1.807) is 45.0 Å². The quantitative estimate of drug-likeness (QED) is 0.265. The number of ether oxygens (including phenoxy) is 2. The molecule has 0 aliphatic rings. The number of sulfonamides is 1. The summed E-state index contributed by atoms with van der Waals surface area (Å²) in [4.78, 5) is 33.2. The molecule has 0 aromatic heterocycles. The van der Waals surface area contributed by atoms with Gasteiger partial charge in [0.1, 0.15) is 17.4 Å². The molecule has 0 bridgehead atoms. The first kappa shape index (κ1) is 27.7. The van der Waals surface area contributed by atoms with Gasteiger partial charge in [0.25, 0.3) is 21.4 Å². The van der Waals surface area contributed by atoms with E-state index in [4.69, 9.17) is 9.47 Å². The molecule has 35 heavy (non-hydrogen) atoms. The van der Waals surface area contributed by atoms with Gasteiger partial charge in [0, 0.05) is 12.6 Å². The number of non-ortho nitro benzene ring substituents is 1. The van der Waals surface area contributed by atoms with Crippen LogP contribution in [0.3, 0.4) is 0 Å². The van der Waals surface area contributed by atoms with Crippen LogP contribution in [0.15, 0.2) is 47.4 Å². The summed E-state index contributed by atoms with van der Waals surface area (Å²) in [6.07, 6.45) is -0.0905. The molecule has 2 aromatic carbocycles. The second-order valence-corrected chi connectivity index (χ2v) is 10.3. The van der Waals surface area contributed by atoms with E-state index in [-0.39, 0.29) is 13.0 Å². The summed E-state index contributed by atoms with van der Waals surface area (Å²) in [5, 5.41) is 22.7. The van der Waals surface area contributed by atoms with Gasteiger partial charge in [0.2, 0.25) is 0 Å². The molecule has 0 saturated heterocycles. The first-order valence-electron chi connectivity index (χ1n) is 10.5. The predicted octanol–water partition coefficient (Wildman–Crippen LogP) is 3.48. The maximum atomic E-state index is 13.6. The highest BCUT2D eigenvalue weighted by atomic mass is 32.2. The van der Waals surface area contributed by atoms with Crippen LogP contribution in [0.2, 0.25) is 0 Å². The minimum Gasteiger partial charge on any atom is -0.497 e. The summed E-state index contributed by atoms with van der Waals surface area (Å²) in [5.74, 6) is -0.285. The van der Waals surface area contributed by atoms with E-state index < -0.39 is 53.8 Å². The maximum Gasteiger partial charge on any atom is 0.325 e. The number of hydrogen-bond acceptors (Lipinski definition) is 9. The van der Waals surface area contributed by atoms with Crippen molar-refractivity contribution >= 4 is 27.4 Å². The van der Waals surface area contributed by atoms with Crippen molar-refractivity contribution in [3.05, 3.63) is 68.3 Å². The average molecular weight is 510 g/mol. The minimum atomic E-state index is -4.66. The number of esters is 1. The second-order valence-electron chi connectivity index (χ2n) is 8.48. The maximum absolute atomic E-state index is 13.6. The number of hydrogen-bond donors (Lipinski definition) is 0. The SMILES string of the molecule is CCN(C(Cc1ccc(OC)cc1)C(=O)OC(C)(C)C)S(=O)(=O)c1ccc([N+](=O)[O-])cc1[N+](=O)[O-]. The number of nitro groups is 2. The molecule has 190 valence electrons. The van der Waals surface area contributed by atoms with E-state index in [0.717, 1.165) is 16.4 Å². The van der Waals surface area contributed by atoms with Crippen LogP contribution in [0.5, 0.6) is 5.75 Å². The molecular weight excluding hydrogens is 482 g/mol. The fourth-order valence-electron chi connectivity index (χ4n) is 3.32. The predicted molar refractivity (Wildman–Crippen MR) is 126 cm³/mol. The van der Waals surface area contributed by atoms with Gasteiger partial charge in [-0.2, -0.15) is 4.31 Å². The Morgan fingerprint density at radius 3 is 2.11 bits per heavy atom. The van der Waals surface area contributed by atoms with Crippen LogP contribution in [-0.2, 0) is 26.0 Å². The molecule has 0 aliphatic heterocycles. The summed E-state index contributed by atoms with van der Waals surface area (Å²) < 4.78 is 38.6. The van der Waals surface area contributed by atoms with Crippen LogP contribution in [0.4, 0.5) is 11.4 Å². The zero-order chi connectivity index (χ0) is 26.6. The normalized spacial score (nSPS) is 12.7. The van der Waals surface area contributed by atoms with Gasteiger partial charge in [-0.25, -0.2) is 8.42 Å². The number of methoxy groups -OCH3 is 1. The first-order valence-corrected chi connectivity index (χ1v) is 12.0. The van der Waals surface area contributed by atoms with E-state index >= 15 is 0 Å². The third-order valence-corrected chi connectivity index (χ3v) is 6.89. The van der Waals surface area contributed by atoms with E-state index in [1.807, 2.05) is 0 Å². The minimum absolute atomic E-state index is 0.0905. The van der Waals surface area contributed by atoms with Gasteiger partial charge in [-0.05, 0) is 51.0 Å². The van der Waals surface area contributed by atoms with Crippen molar-refractivity contribution < 1.29 is 32.5 Å². The molecule has 0 aliphatic carbocycles. The van der Waals surface area contributed by atoms with Crippen molar-refractivity contribution in [3.63, 3.8) is 0 Å². The van der Waals surface area contributed by atoms with Crippen molar-refractivity contribution in [1.82, 2.24) is 4.31 Å². The average Bonchev–Trinajstić information content (AvgIpc) is 2.77. The number of likely N-dealkylation sites (N-methyl/N-ethyl adjacent to an activating group) is 1. The smallest absolute Gasteiger partial charge is 0.325 e. The van der Waals surface area contributed by atoms with E-state index in [0.29, 0.717) is 17.4 Å². The van der Waals surface area contributed by atoms with Gasteiger partial charge in [-0.3, -0.25) is 25.0 Å². The fraction of sp³-hybridized carbons (Fsp3) is 0.409. The molecule has 0 amide bonds. The van der Waals surface area contributed by atoms with Gasteiger partial charge in [0.05, 0.1) is 23.0 Å². The number of rotatable bonds is 10. The molecule has 0 spiro atoms. The van der Waals surface area contributed by atoms with Gasteiger partial charge in [-0.15, -0.1) is 0 Å². The van der Waals surface area contributed by atoms with E-state index in [1.165, 1.54) is 14.0 Å². The topological polar surface area (TPSA) is 159 Å². The van der Waals surface area contributed by atoms with Crippen molar-refractivity contribution in [1.29, 1.82) is 0 Å². The molecule has 2 rings (SSSR count). The summed E-state index contributed by atoms with van der Waals surface area (Å²) in [6, 6.07) is 7.48. The van der Waals surface area contributed by atoms with Crippen LogP contribution in [0, 0.1) is 20.2 Å². The molecule has 1 unspecified atom stereocenters. The van der Waals surface area contributed by atoms with E-state index in [9.17, 15) is 33.4 Å². The summed E-state index contributed by atoms with van der Waals surface area (Å²) >= 11 is 0. The van der Waals surface area contributed by atoms with Gasteiger partial charge >= 0.3 is 5.97 Å². The highest BCUT2D eigenvalue weighted by molar-refractivity contribution is 7.89. The number of carbonyl (C=O) groups is 1. The summed E-state index contributed by atoms with van der Waals surface area (Å²) in [6.45, 7) is 6.13. The zero-order valence-corrected chi connectivity index (χ0v) is 20.8. The Morgan fingerprint density at radius 1 is 1.06 bits per heavy atom. The van der Waals surface area contributed by atoms with Crippen LogP contribution < -0.4 is 4.74 Å². The van der Waals surface area contributed by atoms with Crippen molar-refractivity contribution in [3.8, 4) is 5.75 Å². The second kappa shape index (κ2) is 10.8. The van der Waals surface area contributed by atoms with Crippen LogP contribution in [0.1, 0.15) is 33.3 Å². The molecule has 2 aromatic rings. The highest BCUT2D eigenvalue weighted by Crippen LogP contribution is 2.32. The number of nitro benzene ring substituents is 2. The first-order chi connectivity index (χ1) is 16.2. The van der Waals surface area contributed by atoms with Crippen molar-refractivity contribution in [2.45, 2.75) is 50.7 Å². The van der Waals surface area contributed by atoms with Gasteiger partial charge in [0.15, 0.2) is 4.90 Å². The third kappa shape index (κ3) is 6.73. The fourth-order valence-corrected chi connectivity index (χ4v) is 5.05. The number of benzene rings is 2. The molecule has 0 heterocycles. The van der Waals surface area contributed by atoms with Crippen LogP contribution >= 0.6 is 0 Å². The zero-order valence-electron chi connectivity index (χ0n) is 20.0. The molecule has 0 saturated carbocycles. The van der Waals surface area contributed by atoms with Gasteiger partial charge in [-0.1, -0.05) is 19.1 Å². The lowest BCUT2D eigenvalue weighted by atomic mass is 10.1. The standard InChI is InChI=1S/C22H27N3O9S/c1-6-23(35(31,32)20-12-9-16(24(27)28)14-18(20)25(29)30)19(21(26)34-22(2,3)4)13-15-7-10-17(33-5)11-8-15/h7-12,14,19H,6,13H2,1-5H3. The third-order valence-electron chi connectivity index (χ3n) is 4.86. The lowest BCUT2D eigenvalue weighted by Crippen LogP contribution is -2.48. The van der Waals surface area contributed by atoms with Crippen molar-refractivity contribution in [2.24, 2.45) is 0 Å². The molecular formula is C22H27N3O9S. The van der Waals surface area contributed by atoms with Crippen LogP contribution in [0.25, 0.3) is 0 Å². The molecule has 1 atom stereocenters. The monoisotopic (exact) mass is 509 g/mol. The Kier molecular flexibility index (Phi) is 8.52. The van der Waals surface area contributed by atoms with Crippen molar-refractivity contribution in [2.75, 3.05) is 13.7 Å². The Morgan fingerprint density at radius 2 is 1.66 bits per heavy atom.